The number of nitrogens with zero attached hydrogens (tertiary/aromatic N) is 4. The van der Waals surface area contributed by atoms with E-state index in [4.69, 9.17) is 0 Å². The molecule has 0 fully saturated rings. The second kappa shape index (κ2) is 8.42. The normalized spacial score (nSPS) is 11.6. The van der Waals surface area contributed by atoms with E-state index in [0.29, 0.717) is 17.1 Å². The second-order valence-corrected chi connectivity index (χ2v) is 8.82. The number of aromatic nitrogens is 4. The molecular formula is C30H20N6O. The summed E-state index contributed by atoms with van der Waals surface area (Å²) in [6.45, 7) is 0. The van der Waals surface area contributed by atoms with Gasteiger partial charge in [-0.25, -0.2) is 4.98 Å². The first kappa shape index (κ1) is 21.0. The van der Waals surface area contributed by atoms with Crippen molar-refractivity contribution in [3.63, 3.8) is 0 Å². The van der Waals surface area contributed by atoms with Gasteiger partial charge in [0.05, 0.1) is 11.4 Å². The van der Waals surface area contributed by atoms with E-state index in [0.717, 1.165) is 44.9 Å². The minimum absolute atomic E-state index is 0.155. The molecule has 0 spiro atoms. The summed E-state index contributed by atoms with van der Waals surface area (Å²) < 4.78 is 2.02. The number of fused-ring (bicyclic) bond motifs is 6. The molecular weight excluding hydrogens is 460 g/mol. The Bertz CT molecular complexity index is 1810. The van der Waals surface area contributed by atoms with Gasteiger partial charge in [-0.2, -0.15) is 0 Å². The quantitative estimate of drug-likeness (QED) is 0.303. The van der Waals surface area contributed by atoms with E-state index in [1.165, 1.54) is 0 Å². The predicted molar refractivity (Wildman–Crippen MR) is 145 cm³/mol. The molecule has 0 saturated heterocycles. The van der Waals surface area contributed by atoms with Crippen LogP contribution in [0.25, 0.3) is 39.2 Å². The van der Waals surface area contributed by atoms with Crippen LogP contribution in [-0.2, 0) is 0 Å². The molecule has 1 aliphatic heterocycles. The molecule has 7 heteroatoms. The number of nitrogens with one attached hydrogen (secondary N) is 2. The molecule has 0 unspecified atom stereocenters. The van der Waals surface area contributed by atoms with Crippen LogP contribution >= 0.6 is 0 Å². The molecule has 0 saturated carbocycles. The van der Waals surface area contributed by atoms with Crippen molar-refractivity contribution in [2.75, 3.05) is 10.6 Å². The highest BCUT2D eigenvalue weighted by molar-refractivity contribution is 6.06. The molecule has 3 heterocycles. The number of hydrogen-bond donors (Lipinski definition) is 2. The highest BCUT2D eigenvalue weighted by Crippen LogP contribution is 2.39. The minimum atomic E-state index is -0.155. The van der Waals surface area contributed by atoms with Crippen LogP contribution in [0.3, 0.4) is 0 Å². The Morgan fingerprint density at radius 2 is 1.54 bits per heavy atom. The molecule has 1 aliphatic rings. The summed E-state index contributed by atoms with van der Waals surface area (Å²) in [5, 5.41) is 17.6. The number of carbonyl (C=O) groups is 1. The number of para-hydroxylation sites is 1. The lowest BCUT2D eigenvalue weighted by Crippen LogP contribution is -2.11. The number of hydrogen-bond acceptors (Lipinski definition) is 5. The van der Waals surface area contributed by atoms with Gasteiger partial charge in [-0.05, 0) is 71.4 Å². The fraction of sp³-hybridized carbons (Fsp3) is 0. The molecule has 6 aromatic rings. The summed E-state index contributed by atoms with van der Waals surface area (Å²) in [6, 6.07) is 33.2. The summed E-state index contributed by atoms with van der Waals surface area (Å²) in [7, 11) is 0. The maximum Gasteiger partial charge on any atom is 0.255 e. The van der Waals surface area contributed by atoms with E-state index in [-0.39, 0.29) is 5.91 Å². The highest BCUT2D eigenvalue weighted by Gasteiger charge is 2.24. The molecule has 0 radical (unpaired) electrons. The van der Waals surface area contributed by atoms with Crippen LogP contribution in [0, 0.1) is 0 Å². The number of anilines is 3. The van der Waals surface area contributed by atoms with E-state index in [1.54, 1.807) is 6.20 Å². The van der Waals surface area contributed by atoms with Crippen molar-refractivity contribution in [1.82, 2.24) is 19.7 Å². The van der Waals surface area contributed by atoms with Crippen LogP contribution in [0.4, 0.5) is 17.2 Å². The van der Waals surface area contributed by atoms with Crippen molar-refractivity contribution < 1.29 is 4.79 Å². The molecule has 1 amide bonds. The third-order valence-corrected chi connectivity index (χ3v) is 6.52. The summed E-state index contributed by atoms with van der Waals surface area (Å²) in [6.07, 6.45) is 1.76. The minimum Gasteiger partial charge on any atom is -0.338 e. The Labute approximate surface area is 212 Å². The molecule has 2 N–H and O–H groups in total. The van der Waals surface area contributed by atoms with Crippen molar-refractivity contribution in [1.29, 1.82) is 0 Å². The second-order valence-electron chi connectivity index (χ2n) is 8.82. The molecule has 176 valence electrons. The topological polar surface area (TPSA) is 84.7 Å². The Morgan fingerprint density at radius 1 is 0.757 bits per heavy atom. The Hall–Kier alpha value is -5.30. The Morgan fingerprint density at radius 3 is 2.43 bits per heavy atom. The van der Waals surface area contributed by atoms with Crippen LogP contribution in [0.2, 0.25) is 0 Å². The van der Waals surface area contributed by atoms with Gasteiger partial charge in [0.2, 0.25) is 0 Å². The first-order chi connectivity index (χ1) is 18.2. The molecule has 0 atom stereocenters. The number of benzene rings is 4. The average Bonchev–Trinajstić information content (AvgIpc) is 3.33. The van der Waals surface area contributed by atoms with Gasteiger partial charge in [-0.1, -0.05) is 42.5 Å². The van der Waals surface area contributed by atoms with E-state index < -0.39 is 0 Å². The monoisotopic (exact) mass is 480 g/mol. The van der Waals surface area contributed by atoms with Gasteiger partial charge >= 0.3 is 0 Å². The van der Waals surface area contributed by atoms with Gasteiger partial charge in [0.25, 0.3) is 5.91 Å². The zero-order valence-corrected chi connectivity index (χ0v) is 19.6. The molecule has 4 aromatic carbocycles. The van der Waals surface area contributed by atoms with Crippen molar-refractivity contribution in [3.8, 4) is 28.5 Å². The van der Waals surface area contributed by atoms with Crippen LogP contribution in [-0.4, -0.2) is 25.7 Å². The summed E-state index contributed by atoms with van der Waals surface area (Å²) in [5.41, 5.74) is 4.91. The maximum absolute atomic E-state index is 12.9. The first-order valence-electron chi connectivity index (χ1n) is 11.9. The lowest BCUT2D eigenvalue weighted by molar-refractivity contribution is 0.102. The lowest BCUT2D eigenvalue weighted by Gasteiger charge is -2.11. The van der Waals surface area contributed by atoms with Gasteiger partial charge in [-0.15, -0.1) is 10.2 Å². The number of pyridine rings is 1. The summed E-state index contributed by atoms with van der Waals surface area (Å²) in [4.78, 5) is 17.5. The lowest BCUT2D eigenvalue weighted by atomic mass is 10.1. The van der Waals surface area contributed by atoms with Gasteiger partial charge in [0.15, 0.2) is 17.5 Å². The first-order valence-corrected chi connectivity index (χ1v) is 11.9. The van der Waals surface area contributed by atoms with Gasteiger partial charge in [0.1, 0.15) is 0 Å². The third kappa shape index (κ3) is 3.61. The van der Waals surface area contributed by atoms with Gasteiger partial charge < -0.3 is 10.6 Å². The van der Waals surface area contributed by atoms with Crippen LogP contribution in [0.15, 0.2) is 109 Å². The highest BCUT2D eigenvalue weighted by atomic mass is 16.1. The molecule has 7 nitrogen and oxygen atoms in total. The average molecular weight is 481 g/mol. The van der Waals surface area contributed by atoms with Gasteiger partial charge in [0, 0.05) is 28.6 Å². The van der Waals surface area contributed by atoms with Crippen molar-refractivity contribution in [3.05, 3.63) is 115 Å². The zero-order valence-electron chi connectivity index (χ0n) is 19.6. The standard InChI is InChI=1S/C30H20N6O/c37-30(22-12-11-19-6-1-2-7-21(19)18-22)32-23-15-13-20(14-16-23)28-34-35-29-24-8-3-4-9-25(24)33-27-26(36(28)29)10-5-17-31-27/h1-18H,(H,31,33)(H,32,37). The van der Waals surface area contributed by atoms with Crippen molar-refractivity contribution in [2.45, 2.75) is 0 Å². The molecule has 2 aromatic heterocycles. The number of amides is 1. The Kier molecular flexibility index (Phi) is 4.79. The van der Waals surface area contributed by atoms with E-state index in [9.17, 15) is 4.79 Å². The number of rotatable bonds is 3. The summed E-state index contributed by atoms with van der Waals surface area (Å²) in [5.74, 6) is 2.00. The third-order valence-electron chi connectivity index (χ3n) is 6.52. The molecule has 37 heavy (non-hydrogen) atoms. The Balaban J connectivity index is 1.23. The van der Waals surface area contributed by atoms with Gasteiger partial charge in [-0.3, -0.25) is 9.36 Å². The molecule has 7 rings (SSSR count). The summed E-state index contributed by atoms with van der Waals surface area (Å²) >= 11 is 0. The van der Waals surface area contributed by atoms with Crippen molar-refractivity contribution >= 4 is 33.9 Å². The predicted octanol–water partition coefficient (Wildman–Crippen LogP) is 6.46. The van der Waals surface area contributed by atoms with Crippen LogP contribution in [0.1, 0.15) is 10.4 Å². The fourth-order valence-electron chi connectivity index (χ4n) is 4.70. The SMILES string of the molecule is O=C(Nc1ccc(-c2nnc3n2-c2cccnc2Nc2ccccc2-3)cc1)c1ccc2ccccc2c1. The van der Waals surface area contributed by atoms with Crippen molar-refractivity contribution in [2.24, 2.45) is 0 Å². The van der Waals surface area contributed by atoms with E-state index in [1.807, 2.05) is 108 Å². The maximum atomic E-state index is 12.9. The smallest absolute Gasteiger partial charge is 0.255 e. The largest absolute Gasteiger partial charge is 0.338 e. The van der Waals surface area contributed by atoms with E-state index in [2.05, 4.69) is 25.8 Å². The molecule has 0 aliphatic carbocycles. The van der Waals surface area contributed by atoms with E-state index >= 15 is 0 Å². The fourth-order valence-corrected chi connectivity index (χ4v) is 4.70. The number of carbonyl (C=O) groups excluding carboxylic acids is 1. The van der Waals surface area contributed by atoms with Crippen LogP contribution in [0.5, 0.6) is 0 Å². The zero-order chi connectivity index (χ0) is 24.8. The molecule has 0 bridgehead atoms. The van der Waals surface area contributed by atoms with Crippen LogP contribution < -0.4 is 10.6 Å².